The van der Waals surface area contributed by atoms with Crippen molar-refractivity contribution in [3.8, 4) is 11.5 Å². The van der Waals surface area contributed by atoms with Crippen LogP contribution in [0.3, 0.4) is 0 Å². The van der Waals surface area contributed by atoms with Gasteiger partial charge in [-0.3, -0.25) is 14.4 Å². The first-order chi connectivity index (χ1) is 18.0. The lowest BCUT2D eigenvalue weighted by atomic mass is 9.98. The van der Waals surface area contributed by atoms with E-state index in [-0.39, 0.29) is 28.7 Å². The van der Waals surface area contributed by atoms with Crippen LogP contribution in [0, 0.1) is 0 Å². The first-order valence-corrected chi connectivity index (χ1v) is 12.7. The maximum Gasteiger partial charge on any atom is 0.270 e. The molecule has 0 radical (unpaired) electrons. The molecule has 38 heavy (non-hydrogen) atoms. The van der Waals surface area contributed by atoms with Crippen LogP contribution >= 0.6 is 11.5 Å². The third-order valence-corrected chi connectivity index (χ3v) is 7.14. The second-order valence-corrected chi connectivity index (χ2v) is 10.1. The lowest BCUT2D eigenvalue weighted by molar-refractivity contribution is -0.127. The maximum absolute atomic E-state index is 14.1. The summed E-state index contributed by atoms with van der Waals surface area (Å²) >= 11 is 0.759. The number of nitrogens with one attached hydrogen (secondary N) is 1. The summed E-state index contributed by atoms with van der Waals surface area (Å²) in [5.74, 6) is -0.666. The fourth-order valence-corrected chi connectivity index (χ4v) is 4.57. The van der Waals surface area contributed by atoms with E-state index in [2.05, 4.69) is 9.69 Å². The van der Waals surface area contributed by atoms with Gasteiger partial charge in [-0.2, -0.15) is 4.37 Å². The molecule has 3 amide bonds. The molecular formula is C27H33N5O5S. The van der Waals surface area contributed by atoms with Crippen molar-refractivity contribution in [3.63, 3.8) is 0 Å². The van der Waals surface area contributed by atoms with Crippen LogP contribution < -0.4 is 26.3 Å². The van der Waals surface area contributed by atoms with Crippen LogP contribution in [0.1, 0.15) is 64.5 Å². The molecule has 10 nitrogen and oxygen atoms in total. The summed E-state index contributed by atoms with van der Waals surface area (Å²) in [7, 11) is 3.08. The Morgan fingerprint density at radius 1 is 1.08 bits per heavy atom. The van der Waals surface area contributed by atoms with Crippen LogP contribution in [-0.4, -0.2) is 46.8 Å². The number of para-hydroxylation sites is 1. The topological polar surface area (TPSA) is 150 Å². The molecule has 0 saturated carbocycles. The molecule has 0 aliphatic rings. The van der Waals surface area contributed by atoms with E-state index < -0.39 is 23.4 Å². The molecule has 11 heteroatoms. The highest BCUT2D eigenvalue weighted by atomic mass is 32.1. The molecule has 0 aliphatic carbocycles. The third-order valence-electron chi connectivity index (χ3n) is 6.29. The van der Waals surface area contributed by atoms with Gasteiger partial charge in [0.2, 0.25) is 5.91 Å². The Kier molecular flexibility index (Phi) is 8.95. The summed E-state index contributed by atoms with van der Waals surface area (Å²) in [6.45, 7) is 5.78. The zero-order valence-corrected chi connectivity index (χ0v) is 22.9. The van der Waals surface area contributed by atoms with Crippen molar-refractivity contribution in [2.75, 3.05) is 20.0 Å². The zero-order chi connectivity index (χ0) is 28.0. The minimum Gasteiger partial charge on any atom is -0.497 e. The van der Waals surface area contributed by atoms with Gasteiger partial charge < -0.3 is 31.2 Å². The maximum atomic E-state index is 14.1. The largest absolute Gasteiger partial charge is 0.497 e. The quantitative estimate of drug-likeness (QED) is 0.337. The van der Waals surface area contributed by atoms with Gasteiger partial charge in [0.05, 0.1) is 26.5 Å². The summed E-state index contributed by atoms with van der Waals surface area (Å²) in [4.78, 5) is 41.2. The Balaban J connectivity index is 2.20. The van der Waals surface area contributed by atoms with E-state index >= 15 is 0 Å². The zero-order valence-electron chi connectivity index (χ0n) is 22.1. The summed E-state index contributed by atoms with van der Waals surface area (Å²) in [5.41, 5.74) is 11.9. The summed E-state index contributed by atoms with van der Waals surface area (Å²) in [6.07, 6.45) is 0.665. The lowest BCUT2D eigenvalue weighted by Crippen LogP contribution is -2.50. The molecule has 1 aromatic heterocycles. The molecule has 3 aromatic rings. The molecule has 0 saturated heterocycles. The van der Waals surface area contributed by atoms with E-state index in [0.717, 1.165) is 11.5 Å². The van der Waals surface area contributed by atoms with E-state index in [1.54, 1.807) is 37.4 Å². The molecule has 1 atom stereocenters. The number of hydrogen-bond acceptors (Lipinski definition) is 8. The van der Waals surface area contributed by atoms with Crippen LogP contribution in [0.25, 0.3) is 0 Å². The number of rotatable bonds is 11. The number of nitrogens with zero attached hydrogens (tertiary/aromatic N) is 2. The fraction of sp³-hybridized carbons (Fsp3) is 0.333. The van der Waals surface area contributed by atoms with Gasteiger partial charge in [-0.25, -0.2) is 0 Å². The second kappa shape index (κ2) is 12.0. The Bertz CT molecular complexity index is 1310. The van der Waals surface area contributed by atoms with Crippen LogP contribution in [0.4, 0.5) is 5.69 Å². The normalized spacial score (nSPS) is 11.9. The van der Waals surface area contributed by atoms with Crippen molar-refractivity contribution < 1.29 is 23.9 Å². The standard InChI is InChI=1S/C27H33N5O5S/c1-6-27(2,3)30-25(34)22(16-11-13-18(36-4)14-12-16)32(15-17-9-7-8-10-19(17)37-5)26(35)23-20(28)21(24(29)33)31-38-23/h7-14,22H,6,15,28H2,1-5H3,(H2,29,33)(H,30,34)/t22-/m0/s1. The molecule has 2 aromatic carbocycles. The highest BCUT2D eigenvalue weighted by Crippen LogP contribution is 2.33. The molecule has 0 spiro atoms. The SMILES string of the molecule is CCC(C)(C)NC(=O)[C@H](c1ccc(OC)cc1)N(Cc1ccccc1OC)C(=O)c1snc(C(N)=O)c1N. The Labute approximate surface area is 226 Å². The number of amides is 3. The first-order valence-electron chi connectivity index (χ1n) is 12.0. The van der Waals surface area contributed by atoms with Gasteiger partial charge in [-0.15, -0.1) is 0 Å². The van der Waals surface area contributed by atoms with Crippen LogP contribution in [0.5, 0.6) is 11.5 Å². The molecule has 3 rings (SSSR count). The number of methoxy groups -OCH3 is 2. The average Bonchev–Trinajstić information content (AvgIpc) is 3.29. The van der Waals surface area contributed by atoms with Gasteiger partial charge in [0.15, 0.2) is 5.69 Å². The molecule has 0 fully saturated rings. The van der Waals surface area contributed by atoms with Gasteiger partial charge in [0.1, 0.15) is 22.4 Å². The Morgan fingerprint density at radius 2 is 1.74 bits per heavy atom. The number of primary amides is 1. The summed E-state index contributed by atoms with van der Waals surface area (Å²) in [5, 5.41) is 3.06. The van der Waals surface area contributed by atoms with Gasteiger partial charge in [0, 0.05) is 11.1 Å². The highest BCUT2D eigenvalue weighted by molar-refractivity contribution is 7.09. The lowest BCUT2D eigenvalue weighted by Gasteiger charge is -2.34. The molecule has 0 unspecified atom stereocenters. The van der Waals surface area contributed by atoms with E-state index in [1.807, 2.05) is 39.0 Å². The predicted molar refractivity (Wildman–Crippen MR) is 146 cm³/mol. The second-order valence-electron chi connectivity index (χ2n) is 9.29. The van der Waals surface area contributed by atoms with Gasteiger partial charge in [0.25, 0.3) is 11.8 Å². The average molecular weight is 540 g/mol. The van der Waals surface area contributed by atoms with Crippen LogP contribution in [-0.2, 0) is 11.3 Å². The van der Waals surface area contributed by atoms with E-state index in [9.17, 15) is 14.4 Å². The molecule has 1 heterocycles. The van der Waals surface area contributed by atoms with Crippen LogP contribution in [0.15, 0.2) is 48.5 Å². The van der Waals surface area contributed by atoms with Crippen molar-refractivity contribution in [1.82, 2.24) is 14.6 Å². The molecular weight excluding hydrogens is 506 g/mol. The minimum atomic E-state index is -1.07. The number of nitrogens with two attached hydrogens (primary N) is 2. The summed E-state index contributed by atoms with van der Waals surface area (Å²) < 4.78 is 14.8. The molecule has 0 bridgehead atoms. The van der Waals surface area contributed by atoms with Crippen molar-refractivity contribution in [3.05, 3.63) is 70.2 Å². The number of nitrogen functional groups attached to an aromatic ring is 1. The van der Waals surface area contributed by atoms with E-state index in [0.29, 0.717) is 29.0 Å². The first kappa shape index (κ1) is 28.5. The highest BCUT2D eigenvalue weighted by Gasteiger charge is 2.37. The number of benzene rings is 2. The number of aromatic nitrogens is 1. The molecule has 202 valence electrons. The van der Waals surface area contributed by atoms with Crippen molar-refractivity contribution in [2.24, 2.45) is 5.73 Å². The van der Waals surface area contributed by atoms with Gasteiger partial charge in [-0.05, 0) is 55.6 Å². The van der Waals surface area contributed by atoms with Crippen LogP contribution in [0.2, 0.25) is 0 Å². The molecule has 0 aliphatic heterocycles. The fourth-order valence-electron chi connectivity index (χ4n) is 3.81. The number of ether oxygens (including phenoxy) is 2. The number of anilines is 1. The predicted octanol–water partition coefficient (Wildman–Crippen LogP) is 3.53. The summed E-state index contributed by atoms with van der Waals surface area (Å²) in [6, 6.07) is 13.0. The Hall–Kier alpha value is -4.12. The van der Waals surface area contributed by atoms with E-state index in [1.165, 1.54) is 12.0 Å². The van der Waals surface area contributed by atoms with Gasteiger partial charge >= 0.3 is 0 Å². The van der Waals surface area contributed by atoms with Gasteiger partial charge in [-0.1, -0.05) is 37.3 Å². The molecule has 5 N–H and O–H groups in total. The minimum absolute atomic E-state index is 0.00274. The van der Waals surface area contributed by atoms with Crippen molar-refractivity contribution in [1.29, 1.82) is 0 Å². The van der Waals surface area contributed by atoms with E-state index in [4.69, 9.17) is 20.9 Å². The monoisotopic (exact) mass is 539 g/mol. The number of carbonyl (C=O) groups is 3. The van der Waals surface area contributed by atoms with Crippen molar-refractivity contribution in [2.45, 2.75) is 45.3 Å². The van der Waals surface area contributed by atoms with Crippen molar-refractivity contribution >= 4 is 34.9 Å². The smallest absolute Gasteiger partial charge is 0.270 e. The Morgan fingerprint density at radius 3 is 2.29 bits per heavy atom. The number of carbonyl (C=O) groups excluding carboxylic acids is 3. The number of hydrogen-bond donors (Lipinski definition) is 3. The third kappa shape index (κ3) is 6.23.